The van der Waals surface area contributed by atoms with Crippen LogP contribution in [0.15, 0.2) is 218 Å². The summed E-state index contributed by atoms with van der Waals surface area (Å²) in [6.45, 7) is 11.7. The van der Waals surface area contributed by atoms with Crippen LogP contribution in [-0.2, 0) is 16.2 Å². The van der Waals surface area contributed by atoms with Gasteiger partial charge in [0.1, 0.15) is 0 Å². The van der Waals surface area contributed by atoms with Gasteiger partial charge in [-0.3, -0.25) is 0 Å². The lowest BCUT2D eigenvalue weighted by atomic mass is 9.40. The van der Waals surface area contributed by atoms with Crippen molar-refractivity contribution in [2.24, 2.45) is 0 Å². The molecular formula is C66H51BN2. The fourth-order valence-corrected chi connectivity index (χ4v) is 13.2. The van der Waals surface area contributed by atoms with Gasteiger partial charge in [0.15, 0.2) is 0 Å². The van der Waals surface area contributed by atoms with Crippen molar-refractivity contribution >= 4 is 57.0 Å². The van der Waals surface area contributed by atoms with E-state index in [1.165, 1.54) is 122 Å². The van der Waals surface area contributed by atoms with Gasteiger partial charge in [0.25, 0.3) is 0 Å². The van der Waals surface area contributed by atoms with E-state index in [9.17, 15) is 0 Å². The van der Waals surface area contributed by atoms with E-state index >= 15 is 0 Å². The van der Waals surface area contributed by atoms with Gasteiger partial charge in [-0.25, -0.2) is 0 Å². The van der Waals surface area contributed by atoms with E-state index in [1.807, 2.05) is 0 Å². The summed E-state index contributed by atoms with van der Waals surface area (Å²) in [5.74, 6) is 0. The monoisotopic (exact) mass is 882 g/mol. The standard InChI is InChI=1S/C66H51BN2/c1-64(2,3)46-36-38-55(50(41-46)42-22-9-6-10-23-42)68-57-39-37-53-60(48-30-17-18-32-51(48)65(53,4)5)61(57)67-62-58(68)40-43-24-15-16-29-47(43)59(62)49-31-21-34-54-63(49)69(67)56-35-20-19-33-52(56)66(54,44-25-11-7-12-26-44)45-27-13-8-14-28-45/h6-41H,1-5H3. The van der Waals surface area contributed by atoms with Crippen molar-refractivity contribution in [2.75, 3.05) is 9.71 Å². The molecule has 0 fully saturated rings. The molecule has 10 aromatic rings. The lowest BCUT2D eigenvalue weighted by Gasteiger charge is -2.53. The minimum atomic E-state index is -0.595. The predicted octanol–water partition coefficient (Wildman–Crippen LogP) is 15.5. The van der Waals surface area contributed by atoms with Crippen molar-refractivity contribution in [3.63, 3.8) is 0 Å². The van der Waals surface area contributed by atoms with Crippen molar-refractivity contribution in [1.82, 2.24) is 0 Å². The molecule has 3 heteroatoms. The van der Waals surface area contributed by atoms with Gasteiger partial charge >= 0.3 is 6.85 Å². The number of hydrogen-bond acceptors (Lipinski definition) is 2. The third-order valence-corrected chi connectivity index (χ3v) is 16.2. The number of para-hydroxylation sites is 2. The molecule has 69 heavy (non-hydrogen) atoms. The van der Waals surface area contributed by atoms with E-state index in [2.05, 4.69) is 263 Å². The van der Waals surface area contributed by atoms with Gasteiger partial charge in [0.2, 0.25) is 0 Å². The number of hydrogen-bond donors (Lipinski definition) is 0. The van der Waals surface area contributed by atoms with Gasteiger partial charge in [-0.05, 0) is 119 Å². The molecule has 14 rings (SSSR count). The summed E-state index contributed by atoms with van der Waals surface area (Å²) in [4.78, 5) is 5.44. The van der Waals surface area contributed by atoms with Crippen LogP contribution in [0.2, 0.25) is 0 Å². The molecule has 0 saturated heterocycles. The van der Waals surface area contributed by atoms with E-state index in [-0.39, 0.29) is 17.7 Å². The van der Waals surface area contributed by atoms with E-state index in [0.29, 0.717) is 0 Å². The SMILES string of the molecule is CC(C)(C)c1ccc(N2c3ccc4c(c3B3c5c2cc2ccccc2c5-c2cccc5c2N3c2ccccc2C5(c2ccccc2)c2ccccc2)-c2ccccc2C4(C)C)c(-c2ccccc2)c1. The summed E-state index contributed by atoms with van der Waals surface area (Å²) in [7, 11) is 0. The van der Waals surface area contributed by atoms with Gasteiger partial charge in [0, 0.05) is 39.3 Å². The maximum Gasteiger partial charge on any atom is 0.333 e. The van der Waals surface area contributed by atoms with Crippen LogP contribution in [0.25, 0.3) is 44.2 Å². The second-order valence-electron chi connectivity index (χ2n) is 21.2. The van der Waals surface area contributed by atoms with E-state index < -0.39 is 5.41 Å². The Morgan fingerprint density at radius 3 is 1.75 bits per heavy atom. The topological polar surface area (TPSA) is 6.48 Å². The highest BCUT2D eigenvalue weighted by Gasteiger charge is 2.55. The molecule has 3 aliphatic heterocycles. The number of anilines is 5. The predicted molar refractivity (Wildman–Crippen MR) is 291 cm³/mol. The minimum Gasteiger partial charge on any atom is -0.376 e. The summed E-state index contributed by atoms with van der Waals surface area (Å²) in [5, 5.41) is 2.51. The molecule has 0 N–H and O–H groups in total. The number of nitrogens with zero attached hydrogens (tertiary/aromatic N) is 2. The zero-order chi connectivity index (χ0) is 46.4. The third kappa shape index (κ3) is 5.34. The summed E-state index contributed by atoms with van der Waals surface area (Å²) in [6.07, 6.45) is 0. The van der Waals surface area contributed by atoms with Crippen LogP contribution in [-0.4, -0.2) is 6.85 Å². The van der Waals surface area contributed by atoms with Crippen LogP contribution < -0.4 is 20.6 Å². The average Bonchev–Trinajstić information content (AvgIpc) is 3.62. The molecule has 0 bridgehead atoms. The highest BCUT2D eigenvalue weighted by Crippen LogP contribution is 2.62. The zero-order valence-electron chi connectivity index (χ0n) is 39.8. The van der Waals surface area contributed by atoms with Crippen molar-refractivity contribution < 1.29 is 0 Å². The Balaban J connectivity index is 1.19. The molecule has 0 spiro atoms. The summed E-state index contributed by atoms with van der Waals surface area (Å²) in [6, 6.07) is 83.2. The van der Waals surface area contributed by atoms with Gasteiger partial charge in [-0.1, -0.05) is 223 Å². The van der Waals surface area contributed by atoms with E-state index in [1.54, 1.807) is 0 Å². The zero-order valence-corrected chi connectivity index (χ0v) is 39.8. The Kier molecular flexibility index (Phi) is 8.35. The molecule has 3 heterocycles. The quantitative estimate of drug-likeness (QED) is 0.163. The van der Waals surface area contributed by atoms with Crippen LogP contribution in [0.4, 0.5) is 28.4 Å². The normalized spacial score (nSPS) is 15.2. The molecule has 0 atom stereocenters. The maximum absolute atomic E-state index is 2.79. The second kappa shape index (κ2) is 14.3. The van der Waals surface area contributed by atoms with Gasteiger partial charge in [-0.15, -0.1) is 0 Å². The number of benzene rings is 10. The molecule has 10 aromatic carbocycles. The van der Waals surface area contributed by atoms with Gasteiger partial charge in [0.05, 0.1) is 11.1 Å². The lowest BCUT2D eigenvalue weighted by molar-refractivity contribution is 0.590. The fraction of sp³-hybridized carbons (Fsp3) is 0.121. The molecular weight excluding hydrogens is 832 g/mol. The molecule has 1 aliphatic carbocycles. The summed E-state index contributed by atoms with van der Waals surface area (Å²) < 4.78 is 0. The minimum absolute atomic E-state index is 0.0387. The summed E-state index contributed by atoms with van der Waals surface area (Å²) >= 11 is 0. The van der Waals surface area contributed by atoms with Crippen molar-refractivity contribution in [3.8, 4) is 33.4 Å². The number of fused-ring (bicyclic) bond motifs is 12. The van der Waals surface area contributed by atoms with Crippen LogP contribution in [0.5, 0.6) is 0 Å². The molecule has 0 aromatic heterocycles. The maximum atomic E-state index is 2.79. The highest BCUT2D eigenvalue weighted by atomic mass is 15.2. The van der Waals surface area contributed by atoms with Crippen LogP contribution in [0.1, 0.15) is 73.6 Å². The van der Waals surface area contributed by atoms with Crippen molar-refractivity contribution in [3.05, 3.63) is 257 Å². The van der Waals surface area contributed by atoms with E-state index in [4.69, 9.17) is 0 Å². The molecule has 0 amide bonds. The Bertz CT molecular complexity index is 3710. The molecule has 0 unspecified atom stereocenters. The molecule has 0 saturated carbocycles. The first-order valence-electron chi connectivity index (χ1n) is 24.6. The first-order chi connectivity index (χ1) is 33.7. The lowest BCUT2D eigenvalue weighted by Crippen LogP contribution is -2.63. The molecule has 0 radical (unpaired) electrons. The Morgan fingerprint density at radius 2 is 1.01 bits per heavy atom. The van der Waals surface area contributed by atoms with Crippen molar-refractivity contribution in [2.45, 2.75) is 50.9 Å². The fourth-order valence-electron chi connectivity index (χ4n) is 13.2. The summed E-state index contributed by atoms with van der Waals surface area (Å²) in [5.41, 5.74) is 25.0. The van der Waals surface area contributed by atoms with E-state index in [0.717, 1.165) is 0 Å². The van der Waals surface area contributed by atoms with Crippen LogP contribution in [0, 0.1) is 0 Å². The third-order valence-electron chi connectivity index (χ3n) is 16.2. The first kappa shape index (κ1) is 40.2. The second-order valence-corrected chi connectivity index (χ2v) is 21.2. The highest BCUT2D eigenvalue weighted by molar-refractivity contribution is 6.95. The Morgan fingerprint density at radius 1 is 0.420 bits per heavy atom. The smallest absolute Gasteiger partial charge is 0.333 e. The van der Waals surface area contributed by atoms with Gasteiger partial charge in [-0.2, -0.15) is 0 Å². The molecule has 4 aliphatic rings. The largest absolute Gasteiger partial charge is 0.376 e. The average molecular weight is 883 g/mol. The Hall–Kier alpha value is -7.88. The molecule has 2 nitrogen and oxygen atoms in total. The Labute approximate surface area is 406 Å². The van der Waals surface area contributed by atoms with Crippen LogP contribution >= 0.6 is 0 Å². The number of rotatable bonds is 4. The van der Waals surface area contributed by atoms with Crippen molar-refractivity contribution in [1.29, 1.82) is 0 Å². The molecule has 328 valence electrons. The van der Waals surface area contributed by atoms with Gasteiger partial charge < -0.3 is 9.71 Å². The van der Waals surface area contributed by atoms with Crippen LogP contribution in [0.3, 0.4) is 0 Å². The first-order valence-corrected chi connectivity index (χ1v) is 24.6.